The molecule has 0 aliphatic heterocycles. The molecule has 0 atom stereocenters. The summed E-state index contributed by atoms with van der Waals surface area (Å²) in [5.74, 6) is -0.0854. The number of nitrogens with one attached hydrogen (secondary N) is 1. The van der Waals surface area contributed by atoms with Gasteiger partial charge in [0.05, 0.1) is 30.1 Å². The molecular weight excluding hydrogens is 426 g/mol. The minimum Gasteiger partial charge on any atom is -0.504 e. The number of rotatable bonds is 5. The molecule has 0 spiro atoms. The molecule has 0 unspecified atom stereocenters. The zero-order valence-electron chi connectivity index (χ0n) is 18.4. The van der Waals surface area contributed by atoms with Crippen LogP contribution in [0.1, 0.15) is 15.9 Å². The van der Waals surface area contributed by atoms with E-state index in [4.69, 9.17) is 9.72 Å². The van der Waals surface area contributed by atoms with Gasteiger partial charge < -0.3 is 9.84 Å². The highest BCUT2D eigenvalue weighted by molar-refractivity contribution is 6.08. The Morgan fingerprint density at radius 3 is 2.44 bits per heavy atom. The van der Waals surface area contributed by atoms with Crippen LogP contribution >= 0.6 is 0 Å². The standard InChI is InChI=1S/C28H21N3O3/c1-34-26-15-19-11-5-6-12-20(19)23(27(26)32)17-29-31-28(33)22-16-25(18-9-3-2-4-10-18)30-24-14-8-7-13-21(22)24/h2-17,32H,1H3,(H,31,33)/b29-17+. The van der Waals surface area contributed by atoms with Gasteiger partial charge in [0.25, 0.3) is 5.91 Å². The van der Waals surface area contributed by atoms with Gasteiger partial charge in [-0.25, -0.2) is 10.4 Å². The normalized spacial score (nSPS) is 11.2. The Morgan fingerprint density at radius 2 is 1.65 bits per heavy atom. The minimum atomic E-state index is -0.376. The summed E-state index contributed by atoms with van der Waals surface area (Å²) in [6, 6.07) is 28.3. The van der Waals surface area contributed by atoms with Gasteiger partial charge in [-0.15, -0.1) is 0 Å². The zero-order chi connectivity index (χ0) is 23.5. The second kappa shape index (κ2) is 9.03. The molecule has 0 aliphatic rings. The van der Waals surface area contributed by atoms with E-state index in [1.165, 1.54) is 13.3 Å². The molecule has 1 amide bonds. The maximum Gasteiger partial charge on any atom is 0.272 e. The lowest BCUT2D eigenvalue weighted by molar-refractivity contribution is 0.0956. The van der Waals surface area contributed by atoms with E-state index in [1.54, 1.807) is 12.1 Å². The number of phenolic OH excluding ortho intramolecular Hbond substituents is 1. The fourth-order valence-electron chi connectivity index (χ4n) is 3.96. The molecule has 0 aliphatic carbocycles. The number of hydrazone groups is 1. The third-order valence-electron chi connectivity index (χ3n) is 5.64. The fraction of sp³-hybridized carbons (Fsp3) is 0.0357. The van der Waals surface area contributed by atoms with Crippen LogP contribution in [0, 0.1) is 0 Å². The second-order valence-corrected chi connectivity index (χ2v) is 7.70. The first-order valence-electron chi connectivity index (χ1n) is 10.7. The van der Waals surface area contributed by atoms with Crippen molar-refractivity contribution in [3.63, 3.8) is 0 Å². The van der Waals surface area contributed by atoms with Gasteiger partial charge in [0.2, 0.25) is 0 Å². The van der Waals surface area contributed by atoms with Crippen LogP contribution < -0.4 is 10.2 Å². The molecule has 6 heteroatoms. The topological polar surface area (TPSA) is 83.8 Å². The number of nitrogens with zero attached hydrogens (tertiary/aromatic N) is 2. The van der Waals surface area contributed by atoms with Gasteiger partial charge in [-0.05, 0) is 29.0 Å². The smallest absolute Gasteiger partial charge is 0.272 e. The van der Waals surface area contributed by atoms with Crippen molar-refractivity contribution >= 4 is 33.8 Å². The van der Waals surface area contributed by atoms with E-state index in [0.717, 1.165) is 27.2 Å². The van der Waals surface area contributed by atoms with Gasteiger partial charge >= 0.3 is 0 Å². The number of fused-ring (bicyclic) bond motifs is 2. The Balaban J connectivity index is 1.51. The molecule has 1 heterocycles. The molecule has 4 aromatic carbocycles. The highest BCUT2D eigenvalue weighted by atomic mass is 16.5. The van der Waals surface area contributed by atoms with Gasteiger partial charge in [-0.2, -0.15) is 5.10 Å². The van der Waals surface area contributed by atoms with Crippen molar-refractivity contribution in [1.82, 2.24) is 10.4 Å². The highest BCUT2D eigenvalue weighted by Crippen LogP contribution is 2.35. The van der Waals surface area contributed by atoms with Crippen molar-refractivity contribution in [2.75, 3.05) is 7.11 Å². The first kappa shape index (κ1) is 21.2. The number of methoxy groups -OCH3 is 1. The van der Waals surface area contributed by atoms with Gasteiger partial charge in [0, 0.05) is 16.5 Å². The number of amides is 1. The Hall–Kier alpha value is -4.71. The van der Waals surface area contributed by atoms with E-state index < -0.39 is 0 Å². The Labute approximate surface area is 196 Å². The first-order valence-corrected chi connectivity index (χ1v) is 10.7. The lowest BCUT2D eigenvalue weighted by Crippen LogP contribution is -2.18. The lowest BCUT2D eigenvalue weighted by atomic mass is 10.0. The van der Waals surface area contributed by atoms with E-state index in [1.807, 2.05) is 78.9 Å². The number of ether oxygens (including phenoxy) is 1. The summed E-state index contributed by atoms with van der Waals surface area (Å²) < 4.78 is 5.29. The van der Waals surface area contributed by atoms with Gasteiger partial charge in [-0.1, -0.05) is 72.8 Å². The summed E-state index contributed by atoms with van der Waals surface area (Å²) in [6.07, 6.45) is 1.43. The predicted octanol–water partition coefficient (Wildman–Crippen LogP) is 5.53. The molecule has 1 aromatic heterocycles. The van der Waals surface area contributed by atoms with Crippen molar-refractivity contribution in [2.45, 2.75) is 0 Å². The molecule has 5 aromatic rings. The van der Waals surface area contributed by atoms with Crippen molar-refractivity contribution in [2.24, 2.45) is 5.10 Å². The largest absolute Gasteiger partial charge is 0.504 e. The quantitative estimate of drug-likeness (QED) is 0.274. The molecule has 2 N–H and O–H groups in total. The van der Waals surface area contributed by atoms with Crippen LogP contribution in [-0.2, 0) is 0 Å². The van der Waals surface area contributed by atoms with Crippen LogP contribution in [0.5, 0.6) is 11.5 Å². The summed E-state index contributed by atoms with van der Waals surface area (Å²) >= 11 is 0. The van der Waals surface area contributed by atoms with Gasteiger partial charge in [-0.3, -0.25) is 4.79 Å². The van der Waals surface area contributed by atoms with Crippen LogP contribution in [0.25, 0.3) is 32.9 Å². The average molecular weight is 447 g/mol. The number of hydrogen-bond donors (Lipinski definition) is 2. The monoisotopic (exact) mass is 447 g/mol. The third-order valence-corrected chi connectivity index (χ3v) is 5.64. The molecule has 166 valence electrons. The number of aromatic hydroxyl groups is 1. The molecule has 6 nitrogen and oxygen atoms in total. The SMILES string of the molecule is COc1cc2ccccc2c(/C=N/NC(=O)c2cc(-c3ccccc3)nc3ccccc23)c1O. The molecular formula is C28H21N3O3. The van der Waals surface area contributed by atoms with Crippen LogP contribution in [0.15, 0.2) is 96.1 Å². The molecule has 5 rings (SSSR count). The molecule has 34 heavy (non-hydrogen) atoms. The molecule has 0 radical (unpaired) electrons. The summed E-state index contributed by atoms with van der Waals surface area (Å²) in [6.45, 7) is 0. The van der Waals surface area contributed by atoms with E-state index in [2.05, 4.69) is 10.5 Å². The number of benzene rings is 4. The summed E-state index contributed by atoms with van der Waals surface area (Å²) in [5.41, 5.74) is 5.85. The lowest BCUT2D eigenvalue weighted by Gasteiger charge is -2.10. The Bertz CT molecular complexity index is 1550. The maximum absolute atomic E-state index is 13.2. The number of carbonyl (C=O) groups excluding carboxylic acids is 1. The Kier molecular flexibility index (Phi) is 5.62. The van der Waals surface area contributed by atoms with E-state index >= 15 is 0 Å². The minimum absolute atomic E-state index is 0.0417. The molecule has 0 saturated carbocycles. The summed E-state index contributed by atoms with van der Waals surface area (Å²) in [7, 11) is 1.49. The van der Waals surface area contributed by atoms with Gasteiger partial charge in [0.15, 0.2) is 11.5 Å². The first-order chi connectivity index (χ1) is 16.7. The van der Waals surface area contributed by atoms with E-state index in [-0.39, 0.29) is 11.7 Å². The van der Waals surface area contributed by atoms with Crippen molar-refractivity contribution < 1.29 is 14.6 Å². The zero-order valence-corrected chi connectivity index (χ0v) is 18.4. The maximum atomic E-state index is 13.2. The van der Waals surface area contributed by atoms with Gasteiger partial charge in [0.1, 0.15) is 0 Å². The van der Waals surface area contributed by atoms with Crippen LogP contribution in [0.4, 0.5) is 0 Å². The molecule has 0 bridgehead atoms. The van der Waals surface area contributed by atoms with Crippen LogP contribution in [-0.4, -0.2) is 29.3 Å². The van der Waals surface area contributed by atoms with Crippen molar-refractivity contribution in [3.8, 4) is 22.8 Å². The Morgan fingerprint density at radius 1 is 0.941 bits per heavy atom. The fourth-order valence-corrected chi connectivity index (χ4v) is 3.96. The number of hydrogen-bond acceptors (Lipinski definition) is 5. The number of aromatic nitrogens is 1. The summed E-state index contributed by atoms with van der Waals surface area (Å²) in [4.78, 5) is 17.9. The van der Waals surface area contributed by atoms with Crippen molar-refractivity contribution in [3.05, 3.63) is 102 Å². The van der Waals surface area contributed by atoms with Crippen LogP contribution in [0.2, 0.25) is 0 Å². The highest BCUT2D eigenvalue weighted by Gasteiger charge is 2.15. The van der Waals surface area contributed by atoms with Crippen molar-refractivity contribution in [1.29, 1.82) is 0 Å². The summed E-state index contributed by atoms with van der Waals surface area (Å²) in [5, 5.41) is 17.2. The third kappa shape index (κ3) is 3.93. The predicted molar refractivity (Wildman–Crippen MR) is 134 cm³/mol. The van der Waals surface area contributed by atoms with E-state index in [9.17, 15) is 9.90 Å². The number of phenols is 1. The van der Waals surface area contributed by atoms with E-state index in [0.29, 0.717) is 22.6 Å². The number of pyridine rings is 1. The second-order valence-electron chi connectivity index (χ2n) is 7.70. The number of para-hydroxylation sites is 1. The number of carbonyl (C=O) groups is 1. The average Bonchev–Trinajstić information content (AvgIpc) is 2.89. The molecule has 0 fully saturated rings. The van der Waals surface area contributed by atoms with Crippen LogP contribution in [0.3, 0.4) is 0 Å². The molecule has 0 saturated heterocycles.